The molecule has 7 heteroatoms. The van der Waals surface area contributed by atoms with E-state index >= 15 is 0 Å². The van der Waals surface area contributed by atoms with Crippen LogP contribution in [0.15, 0.2) is 30.3 Å². The molecule has 24 heavy (non-hydrogen) atoms. The van der Waals surface area contributed by atoms with E-state index in [9.17, 15) is 18.0 Å². The van der Waals surface area contributed by atoms with Crippen LogP contribution in [0.2, 0.25) is 0 Å². The minimum Gasteiger partial charge on any atom is -0.338 e. The second-order valence-electron chi connectivity index (χ2n) is 6.65. The van der Waals surface area contributed by atoms with E-state index in [2.05, 4.69) is 5.32 Å². The molecule has 3 rings (SSSR count). The highest BCUT2D eigenvalue weighted by molar-refractivity contribution is 5.85. The number of carbonyl (C=O) groups is 1. The van der Waals surface area contributed by atoms with E-state index in [1.165, 1.54) is 0 Å². The van der Waals surface area contributed by atoms with Crippen LogP contribution in [0.1, 0.15) is 24.8 Å². The number of nitrogens with one attached hydrogen (secondary N) is 1. The van der Waals surface area contributed by atoms with Crippen molar-refractivity contribution in [3.63, 3.8) is 0 Å². The van der Waals surface area contributed by atoms with E-state index in [4.69, 9.17) is 0 Å². The second kappa shape index (κ2) is 7.31. The zero-order valence-electron chi connectivity index (χ0n) is 13.3. The number of piperidine rings is 2. The van der Waals surface area contributed by atoms with Crippen molar-refractivity contribution < 1.29 is 18.0 Å². The maximum atomic E-state index is 13.5. The van der Waals surface area contributed by atoms with Gasteiger partial charge in [-0.05, 0) is 31.5 Å². The molecule has 0 saturated carbocycles. The van der Waals surface area contributed by atoms with E-state index in [-0.39, 0.29) is 24.9 Å². The predicted molar refractivity (Wildman–Crippen MR) is 87.8 cm³/mol. The van der Waals surface area contributed by atoms with Crippen LogP contribution in [0.25, 0.3) is 0 Å². The summed E-state index contributed by atoms with van der Waals surface area (Å²) in [5, 5.41) is 3.13. The summed E-state index contributed by atoms with van der Waals surface area (Å²) in [5.41, 5.74) is 0.113. The number of hydrogen-bond acceptors (Lipinski definition) is 2. The van der Waals surface area contributed by atoms with E-state index in [1.807, 2.05) is 30.3 Å². The molecule has 3 nitrogen and oxygen atoms in total. The molecule has 2 aliphatic rings. The van der Waals surface area contributed by atoms with Crippen molar-refractivity contribution in [1.29, 1.82) is 0 Å². The second-order valence-corrected chi connectivity index (χ2v) is 6.65. The van der Waals surface area contributed by atoms with Gasteiger partial charge >= 0.3 is 6.18 Å². The number of nitrogens with zero attached hydrogens (tertiary/aromatic N) is 1. The molecule has 1 amide bonds. The Balaban J connectivity index is 0.00000208. The van der Waals surface area contributed by atoms with Crippen molar-refractivity contribution in [3.8, 4) is 0 Å². The molecule has 134 valence electrons. The molecule has 2 heterocycles. The molecule has 1 aromatic rings. The van der Waals surface area contributed by atoms with Gasteiger partial charge in [0.15, 0.2) is 0 Å². The van der Waals surface area contributed by atoms with Crippen LogP contribution in [0.5, 0.6) is 0 Å². The third-order valence-electron chi connectivity index (χ3n) is 5.19. The lowest BCUT2D eigenvalue weighted by molar-refractivity contribution is -0.228. The highest BCUT2D eigenvalue weighted by Crippen LogP contribution is 2.50. The van der Waals surface area contributed by atoms with Crippen molar-refractivity contribution in [2.24, 2.45) is 11.3 Å². The first kappa shape index (κ1) is 19.1. The SMILES string of the molecule is Cl.O=C1C[C@@H](C(F)(F)F)C2(CCNCC2)CN1Cc1ccccc1. The number of hydrogen-bond donors (Lipinski definition) is 1. The summed E-state index contributed by atoms with van der Waals surface area (Å²) in [6, 6.07) is 9.44. The summed E-state index contributed by atoms with van der Waals surface area (Å²) in [6.45, 7) is 1.76. The Morgan fingerprint density at radius 1 is 1.17 bits per heavy atom. The molecule has 2 fully saturated rings. The number of rotatable bonds is 2. The quantitative estimate of drug-likeness (QED) is 0.874. The van der Waals surface area contributed by atoms with Gasteiger partial charge in [0.2, 0.25) is 5.91 Å². The van der Waals surface area contributed by atoms with Gasteiger partial charge in [-0.3, -0.25) is 4.79 Å². The zero-order chi connectivity index (χ0) is 16.5. The van der Waals surface area contributed by atoms with Crippen LogP contribution in [0.3, 0.4) is 0 Å². The van der Waals surface area contributed by atoms with E-state index in [1.54, 1.807) is 4.90 Å². The van der Waals surface area contributed by atoms with Gasteiger partial charge in [0.05, 0.1) is 5.92 Å². The van der Waals surface area contributed by atoms with Crippen LogP contribution in [0.4, 0.5) is 13.2 Å². The number of likely N-dealkylation sites (tertiary alicyclic amines) is 1. The van der Waals surface area contributed by atoms with Gasteiger partial charge in [0.25, 0.3) is 0 Å². The highest BCUT2D eigenvalue weighted by atomic mass is 35.5. The van der Waals surface area contributed by atoms with Gasteiger partial charge in [-0.25, -0.2) is 0 Å². The minimum atomic E-state index is -4.31. The third-order valence-corrected chi connectivity index (χ3v) is 5.19. The minimum absolute atomic E-state index is 0. The summed E-state index contributed by atoms with van der Waals surface area (Å²) in [7, 11) is 0. The van der Waals surface area contributed by atoms with Crippen molar-refractivity contribution >= 4 is 18.3 Å². The average molecular weight is 363 g/mol. The monoisotopic (exact) mass is 362 g/mol. The van der Waals surface area contributed by atoms with Crippen LogP contribution in [-0.4, -0.2) is 36.6 Å². The maximum Gasteiger partial charge on any atom is 0.392 e. The number of amides is 1. The molecule has 1 aromatic carbocycles. The molecule has 1 atom stereocenters. The Kier molecular flexibility index (Phi) is 5.81. The van der Waals surface area contributed by atoms with Crippen LogP contribution >= 0.6 is 12.4 Å². The molecular formula is C17H22ClF3N2O. The fraction of sp³-hybridized carbons (Fsp3) is 0.588. The Morgan fingerprint density at radius 3 is 2.38 bits per heavy atom. The highest BCUT2D eigenvalue weighted by Gasteiger charge is 2.57. The zero-order valence-corrected chi connectivity index (χ0v) is 14.1. The fourth-order valence-electron chi connectivity index (χ4n) is 3.94. The third kappa shape index (κ3) is 3.86. The topological polar surface area (TPSA) is 32.3 Å². The molecule has 1 spiro atoms. The largest absolute Gasteiger partial charge is 0.392 e. The smallest absolute Gasteiger partial charge is 0.338 e. The Labute approximate surface area is 146 Å². The standard InChI is InChI=1S/C17H21F3N2O.ClH/c18-17(19,20)14-10-15(23)22(11-13-4-2-1-3-5-13)12-16(14)6-8-21-9-7-16;/h1-5,14,21H,6-12H2;1H/t14-;/m1./s1. The molecule has 0 radical (unpaired) electrons. The number of carbonyl (C=O) groups excluding carboxylic acids is 1. The molecule has 0 aliphatic carbocycles. The first-order chi connectivity index (χ1) is 10.9. The lowest BCUT2D eigenvalue weighted by atomic mass is 9.65. The predicted octanol–water partition coefficient (Wildman–Crippen LogP) is 3.39. The van der Waals surface area contributed by atoms with Gasteiger partial charge in [-0.2, -0.15) is 13.2 Å². The van der Waals surface area contributed by atoms with Crippen LogP contribution in [-0.2, 0) is 11.3 Å². The van der Waals surface area contributed by atoms with Crippen LogP contribution < -0.4 is 5.32 Å². The van der Waals surface area contributed by atoms with Crippen LogP contribution in [0, 0.1) is 11.3 Å². The van der Waals surface area contributed by atoms with Gasteiger partial charge in [0, 0.05) is 24.9 Å². The number of alkyl halides is 3. The number of halogens is 4. The van der Waals surface area contributed by atoms with Crippen molar-refractivity contribution in [2.75, 3.05) is 19.6 Å². The molecule has 0 unspecified atom stereocenters. The summed E-state index contributed by atoms with van der Waals surface area (Å²) in [5.74, 6) is -1.91. The van der Waals surface area contributed by atoms with Gasteiger partial charge < -0.3 is 10.2 Å². The van der Waals surface area contributed by atoms with Gasteiger partial charge in [-0.15, -0.1) is 12.4 Å². The average Bonchev–Trinajstić information content (AvgIpc) is 2.51. The molecular weight excluding hydrogens is 341 g/mol. The van der Waals surface area contributed by atoms with Gasteiger partial charge in [0.1, 0.15) is 0 Å². The summed E-state index contributed by atoms with van der Waals surface area (Å²) < 4.78 is 40.5. The van der Waals surface area contributed by atoms with E-state index < -0.39 is 23.9 Å². The molecule has 2 saturated heterocycles. The van der Waals surface area contributed by atoms with Gasteiger partial charge in [-0.1, -0.05) is 30.3 Å². The maximum absolute atomic E-state index is 13.5. The fourth-order valence-corrected chi connectivity index (χ4v) is 3.94. The van der Waals surface area contributed by atoms with E-state index in [0.717, 1.165) is 5.56 Å². The Morgan fingerprint density at radius 2 is 1.79 bits per heavy atom. The molecule has 0 aromatic heterocycles. The molecule has 1 N–H and O–H groups in total. The normalized spacial score (nSPS) is 23.9. The van der Waals surface area contributed by atoms with Crippen molar-refractivity contribution in [2.45, 2.75) is 32.0 Å². The summed E-state index contributed by atoms with van der Waals surface area (Å²) in [6.07, 6.45) is -3.80. The first-order valence-electron chi connectivity index (χ1n) is 8.00. The summed E-state index contributed by atoms with van der Waals surface area (Å²) in [4.78, 5) is 13.9. The summed E-state index contributed by atoms with van der Waals surface area (Å²) >= 11 is 0. The molecule has 2 aliphatic heterocycles. The van der Waals surface area contributed by atoms with Crippen molar-refractivity contribution in [3.05, 3.63) is 35.9 Å². The van der Waals surface area contributed by atoms with Crippen molar-refractivity contribution in [1.82, 2.24) is 10.2 Å². The Hall–Kier alpha value is -1.27. The van der Waals surface area contributed by atoms with E-state index in [0.29, 0.717) is 32.5 Å². The lowest BCUT2D eigenvalue weighted by Crippen LogP contribution is -2.58. The number of benzene rings is 1. The Bertz CT molecular complexity index is 559. The lowest BCUT2D eigenvalue weighted by Gasteiger charge is -2.50. The first-order valence-corrected chi connectivity index (χ1v) is 8.00. The molecule has 0 bridgehead atoms.